The van der Waals surface area contributed by atoms with Crippen molar-refractivity contribution in [1.82, 2.24) is 10.2 Å². The fourth-order valence-electron chi connectivity index (χ4n) is 3.61. The summed E-state index contributed by atoms with van der Waals surface area (Å²) in [6, 6.07) is 18.9. The van der Waals surface area contributed by atoms with E-state index in [-0.39, 0.29) is 31.2 Å². The molecule has 5 N–H and O–H groups in total. The maximum absolute atomic E-state index is 11.4. The molecule has 0 unspecified atom stereocenters. The van der Waals surface area contributed by atoms with Gasteiger partial charge in [0.05, 0.1) is 25.5 Å². The predicted molar refractivity (Wildman–Crippen MR) is 133 cm³/mol. The van der Waals surface area contributed by atoms with Crippen LogP contribution in [0.1, 0.15) is 24.0 Å². The Morgan fingerprint density at radius 3 is 1.47 bits per heavy atom. The van der Waals surface area contributed by atoms with Crippen LogP contribution in [0.25, 0.3) is 0 Å². The van der Waals surface area contributed by atoms with Gasteiger partial charge in [0.2, 0.25) is 0 Å². The first-order valence-corrected chi connectivity index (χ1v) is 14.9. The lowest BCUT2D eigenvalue weighted by Crippen LogP contribution is -2.36. The number of hydrogen-bond acceptors (Lipinski definition) is 5. The lowest BCUT2D eigenvalue weighted by atomic mass is 10.1. The normalized spacial score (nSPS) is 14.6. The number of rotatable bonds is 11. The van der Waals surface area contributed by atoms with Crippen LogP contribution < -0.4 is 5.32 Å². The molecule has 2 aromatic rings. The highest BCUT2D eigenvalue weighted by molar-refractivity contribution is 7.52. The lowest BCUT2D eigenvalue weighted by molar-refractivity contribution is 0.109. The lowest BCUT2D eigenvalue weighted by Gasteiger charge is -2.32. The molecule has 3 rings (SSSR count). The summed E-state index contributed by atoms with van der Waals surface area (Å²) >= 11 is 0. The van der Waals surface area contributed by atoms with E-state index in [1.54, 1.807) is 0 Å². The molecule has 1 heterocycles. The maximum atomic E-state index is 11.4. The first kappa shape index (κ1) is 28.9. The van der Waals surface area contributed by atoms with E-state index in [1.165, 1.54) is 0 Å². The van der Waals surface area contributed by atoms with Crippen LogP contribution in [-0.2, 0) is 27.0 Å². The SMILES string of the molecule is C1COCCN1.O=P(O)(O)CCC(CCP(=O)(O)O)N(Cc1ccccc1)Cc1ccccc1. The smallest absolute Gasteiger partial charge is 0.325 e. The van der Waals surface area contributed by atoms with Crippen LogP contribution in [0.4, 0.5) is 0 Å². The van der Waals surface area contributed by atoms with Gasteiger partial charge in [-0.2, -0.15) is 0 Å². The van der Waals surface area contributed by atoms with Crippen LogP contribution in [0.3, 0.4) is 0 Å². The molecule has 0 bridgehead atoms. The van der Waals surface area contributed by atoms with Crippen LogP contribution in [0.2, 0.25) is 0 Å². The van der Waals surface area contributed by atoms with Crippen molar-refractivity contribution in [3.63, 3.8) is 0 Å². The van der Waals surface area contributed by atoms with Gasteiger partial charge in [0.1, 0.15) is 0 Å². The van der Waals surface area contributed by atoms with Crippen LogP contribution >= 0.6 is 15.2 Å². The molecule has 0 amide bonds. The summed E-state index contributed by atoms with van der Waals surface area (Å²) in [4.78, 5) is 39.2. The van der Waals surface area contributed by atoms with E-state index < -0.39 is 15.2 Å². The number of hydrogen-bond donors (Lipinski definition) is 5. The molecule has 190 valence electrons. The highest BCUT2D eigenvalue weighted by Crippen LogP contribution is 2.39. The van der Waals surface area contributed by atoms with Crippen LogP contribution in [0.15, 0.2) is 60.7 Å². The van der Waals surface area contributed by atoms with Gasteiger partial charge in [-0.05, 0) is 24.0 Å². The van der Waals surface area contributed by atoms with Gasteiger partial charge in [0.25, 0.3) is 0 Å². The molecule has 0 atom stereocenters. The van der Waals surface area contributed by atoms with Gasteiger partial charge < -0.3 is 29.6 Å². The fourth-order valence-corrected chi connectivity index (χ4v) is 4.88. The summed E-state index contributed by atoms with van der Waals surface area (Å²) in [5.74, 6) is 0. The first-order valence-electron chi connectivity index (χ1n) is 11.3. The molecule has 0 aliphatic carbocycles. The van der Waals surface area contributed by atoms with Gasteiger partial charge >= 0.3 is 15.2 Å². The molecule has 0 saturated carbocycles. The fraction of sp³-hybridized carbons (Fsp3) is 0.478. The van der Waals surface area contributed by atoms with E-state index in [4.69, 9.17) is 4.74 Å². The summed E-state index contributed by atoms with van der Waals surface area (Å²) in [6.45, 7) is 4.87. The second kappa shape index (κ2) is 14.9. The Morgan fingerprint density at radius 1 is 0.765 bits per heavy atom. The number of nitrogens with one attached hydrogen (secondary N) is 1. The van der Waals surface area contributed by atoms with Gasteiger partial charge in [0, 0.05) is 32.2 Å². The summed E-state index contributed by atoms with van der Waals surface area (Å²) in [6.07, 6.45) is -0.328. The zero-order chi connectivity index (χ0) is 24.9. The molecule has 11 heteroatoms. The van der Waals surface area contributed by atoms with Crippen molar-refractivity contribution >= 4 is 15.2 Å². The van der Waals surface area contributed by atoms with Gasteiger partial charge in [-0.3, -0.25) is 14.0 Å². The van der Waals surface area contributed by atoms with Crippen LogP contribution in [-0.4, -0.2) is 69.1 Å². The highest BCUT2D eigenvalue weighted by Gasteiger charge is 2.26. The molecule has 1 aliphatic heterocycles. The Kier molecular flexibility index (Phi) is 12.6. The number of morpholine rings is 1. The Hall–Kier alpha value is -1.38. The molecule has 1 aliphatic rings. The van der Waals surface area contributed by atoms with E-state index in [2.05, 4.69) is 5.32 Å². The summed E-state index contributed by atoms with van der Waals surface area (Å²) in [5, 5.41) is 3.16. The monoisotopic (exact) mass is 514 g/mol. The molecule has 0 radical (unpaired) electrons. The molecule has 34 heavy (non-hydrogen) atoms. The Bertz CT molecular complexity index is 823. The average Bonchev–Trinajstić information content (AvgIpc) is 2.80. The summed E-state index contributed by atoms with van der Waals surface area (Å²) in [5.41, 5.74) is 2.05. The second-order valence-electron chi connectivity index (χ2n) is 8.25. The van der Waals surface area contributed by atoms with Crippen molar-refractivity contribution < 1.29 is 33.4 Å². The topological polar surface area (TPSA) is 140 Å². The second-order valence-corrected chi connectivity index (χ2v) is 11.8. The minimum Gasteiger partial charge on any atom is -0.379 e. The van der Waals surface area contributed by atoms with Crippen LogP contribution in [0.5, 0.6) is 0 Å². The molecular formula is C23H36N2O7P2. The van der Waals surface area contributed by atoms with Crippen molar-refractivity contribution in [2.45, 2.75) is 32.0 Å². The predicted octanol–water partition coefficient (Wildman–Crippen LogP) is 2.80. The zero-order valence-corrected chi connectivity index (χ0v) is 21.1. The van der Waals surface area contributed by atoms with Gasteiger partial charge in [-0.15, -0.1) is 0 Å². The Labute approximate surface area is 201 Å². The van der Waals surface area contributed by atoms with Gasteiger partial charge in [0.15, 0.2) is 0 Å². The third kappa shape index (κ3) is 13.5. The largest absolute Gasteiger partial charge is 0.379 e. The molecule has 9 nitrogen and oxygen atoms in total. The molecule has 2 aromatic carbocycles. The van der Waals surface area contributed by atoms with E-state index in [0.717, 1.165) is 37.4 Å². The molecule has 1 fully saturated rings. The van der Waals surface area contributed by atoms with Gasteiger partial charge in [-0.25, -0.2) is 0 Å². The van der Waals surface area contributed by atoms with Crippen LogP contribution in [0, 0.1) is 0 Å². The minimum atomic E-state index is -4.21. The molecule has 1 saturated heterocycles. The third-order valence-electron chi connectivity index (χ3n) is 5.33. The highest BCUT2D eigenvalue weighted by atomic mass is 31.2. The maximum Gasteiger partial charge on any atom is 0.325 e. The Balaban J connectivity index is 0.000000589. The minimum absolute atomic E-state index is 0.157. The standard InChI is InChI=1S/C19H27NO6P2.C4H9NO/c21-27(22,23)13-11-19(12-14-28(24,25)26)20(15-17-7-3-1-4-8-17)16-18-9-5-2-6-10-18;1-3-6-4-2-5-1/h1-10,19H,11-16H2,(H2,21,22,23)(H2,24,25,26);5H,1-4H2. The Morgan fingerprint density at radius 2 is 1.18 bits per heavy atom. The van der Waals surface area contributed by atoms with Crippen molar-refractivity contribution in [3.8, 4) is 0 Å². The van der Waals surface area contributed by atoms with Crippen molar-refractivity contribution in [3.05, 3.63) is 71.8 Å². The third-order valence-corrected chi connectivity index (χ3v) is 7.01. The van der Waals surface area contributed by atoms with E-state index >= 15 is 0 Å². The summed E-state index contributed by atoms with van der Waals surface area (Å²) in [7, 11) is -8.42. The molecular weight excluding hydrogens is 478 g/mol. The van der Waals surface area contributed by atoms with Gasteiger partial charge in [-0.1, -0.05) is 60.7 Å². The quantitative estimate of drug-likeness (QED) is 0.287. The van der Waals surface area contributed by atoms with Crippen molar-refractivity contribution in [2.75, 3.05) is 38.6 Å². The zero-order valence-electron chi connectivity index (χ0n) is 19.3. The van der Waals surface area contributed by atoms with Crippen molar-refractivity contribution in [2.24, 2.45) is 0 Å². The number of benzene rings is 2. The van der Waals surface area contributed by atoms with E-state index in [0.29, 0.717) is 13.1 Å². The average molecular weight is 514 g/mol. The molecule has 0 aromatic heterocycles. The number of ether oxygens (including phenoxy) is 1. The first-order chi connectivity index (χ1) is 16.1. The summed E-state index contributed by atoms with van der Waals surface area (Å²) < 4.78 is 27.8. The molecule has 0 spiro atoms. The van der Waals surface area contributed by atoms with Crippen molar-refractivity contribution in [1.29, 1.82) is 0 Å². The van der Waals surface area contributed by atoms with E-state index in [9.17, 15) is 28.7 Å². The van der Waals surface area contributed by atoms with E-state index in [1.807, 2.05) is 65.6 Å². The number of nitrogens with zero attached hydrogens (tertiary/aromatic N) is 1.